The Morgan fingerprint density at radius 1 is 1.17 bits per heavy atom. The molecule has 0 unspecified atom stereocenters. The van der Waals surface area contributed by atoms with Crippen LogP contribution in [0.15, 0.2) is 53.1 Å². The van der Waals surface area contributed by atoms with Gasteiger partial charge in [0.25, 0.3) is 0 Å². The molecule has 1 aliphatic rings. The molecule has 1 atom stereocenters. The zero-order valence-corrected chi connectivity index (χ0v) is 17.6. The Kier molecular flexibility index (Phi) is 4.94. The van der Waals surface area contributed by atoms with Gasteiger partial charge in [-0.2, -0.15) is 0 Å². The minimum atomic E-state index is -0.341. The van der Waals surface area contributed by atoms with Crippen molar-refractivity contribution in [2.45, 2.75) is 45.6 Å². The first-order valence-corrected chi connectivity index (χ1v) is 9.99. The maximum absolute atomic E-state index is 12.8. The molecule has 3 aromatic rings. The van der Waals surface area contributed by atoms with E-state index in [9.17, 15) is 9.59 Å². The third-order valence-corrected chi connectivity index (χ3v) is 5.16. The van der Waals surface area contributed by atoms with Gasteiger partial charge in [-0.05, 0) is 35.4 Å². The Labute approximate surface area is 175 Å². The predicted octanol–water partition coefficient (Wildman–Crippen LogP) is 5.03. The maximum atomic E-state index is 12.8. The Balaban J connectivity index is 1.55. The van der Waals surface area contributed by atoms with Crippen molar-refractivity contribution < 1.29 is 14.0 Å². The number of amides is 2. The number of aromatic nitrogens is 1. The van der Waals surface area contributed by atoms with E-state index < -0.39 is 0 Å². The van der Waals surface area contributed by atoms with Gasteiger partial charge in [0.05, 0.1) is 12.5 Å². The number of rotatable bonds is 3. The molecule has 1 aromatic heterocycles. The number of carbonyl (C=O) groups excluding carboxylic acids is 2. The second-order valence-electron chi connectivity index (χ2n) is 8.59. The molecule has 30 heavy (non-hydrogen) atoms. The van der Waals surface area contributed by atoms with E-state index in [0.717, 1.165) is 11.1 Å². The average molecular weight is 403 g/mol. The van der Waals surface area contributed by atoms with Gasteiger partial charge in [0.1, 0.15) is 5.52 Å². The Morgan fingerprint density at radius 3 is 2.67 bits per heavy atom. The summed E-state index contributed by atoms with van der Waals surface area (Å²) in [4.78, 5) is 31.1. The lowest BCUT2D eigenvalue weighted by Gasteiger charge is -2.32. The molecule has 2 aromatic carbocycles. The summed E-state index contributed by atoms with van der Waals surface area (Å²) in [5.41, 5.74) is 3.83. The molecule has 2 heterocycles. The fraction of sp³-hybridized carbons (Fsp3) is 0.292. The van der Waals surface area contributed by atoms with Crippen LogP contribution in [0.4, 0.5) is 5.69 Å². The monoisotopic (exact) mass is 403 g/mol. The van der Waals surface area contributed by atoms with E-state index in [4.69, 9.17) is 4.42 Å². The van der Waals surface area contributed by atoms with Crippen molar-refractivity contribution in [1.29, 1.82) is 0 Å². The predicted molar refractivity (Wildman–Crippen MR) is 117 cm³/mol. The van der Waals surface area contributed by atoms with Crippen LogP contribution in [0.3, 0.4) is 0 Å². The molecule has 0 spiro atoms. The van der Waals surface area contributed by atoms with E-state index in [0.29, 0.717) is 22.7 Å². The van der Waals surface area contributed by atoms with Gasteiger partial charge in [-0.3, -0.25) is 9.59 Å². The Bertz CT molecular complexity index is 1150. The highest BCUT2D eigenvalue weighted by Gasteiger charge is 2.28. The Morgan fingerprint density at radius 2 is 1.93 bits per heavy atom. The van der Waals surface area contributed by atoms with E-state index in [1.165, 1.54) is 6.92 Å². The second kappa shape index (κ2) is 7.44. The average Bonchev–Trinajstić information content (AvgIpc) is 3.12. The smallest absolute Gasteiger partial charge is 0.226 e. The van der Waals surface area contributed by atoms with Crippen LogP contribution in [-0.4, -0.2) is 21.7 Å². The quantitative estimate of drug-likeness (QED) is 0.666. The van der Waals surface area contributed by atoms with Crippen molar-refractivity contribution >= 4 is 34.7 Å². The van der Waals surface area contributed by atoms with Crippen LogP contribution in [0, 0.1) is 0 Å². The molecule has 0 fully saturated rings. The lowest BCUT2D eigenvalue weighted by atomic mass is 9.93. The van der Waals surface area contributed by atoms with Gasteiger partial charge in [0, 0.05) is 24.2 Å². The largest absolute Gasteiger partial charge is 0.440 e. The number of hydrogen-bond acceptors (Lipinski definition) is 4. The summed E-state index contributed by atoms with van der Waals surface area (Å²) in [6.07, 6.45) is 3.81. The molecule has 6 heteroatoms. The van der Waals surface area contributed by atoms with E-state index in [2.05, 4.69) is 10.3 Å². The summed E-state index contributed by atoms with van der Waals surface area (Å²) in [6.45, 7) is 7.63. The minimum absolute atomic E-state index is 0.0997. The number of nitrogens with one attached hydrogen (secondary N) is 1. The van der Waals surface area contributed by atoms with Crippen molar-refractivity contribution in [3.8, 4) is 0 Å². The molecule has 0 radical (unpaired) electrons. The van der Waals surface area contributed by atoms with Crippen molar-refractivity contribution in [3.63, 3.8) is 0 Å². The maximum Gasteiger partial charge on any atom is 0.226 e. The van der Waals surface area contributed by atoms with Gasteiger partial charge in [-0.15, -0.1) is 0 Å². The lowest BCUT2D eigenvalue weighted by Crippen LogP contribution is -2.33. The van der Waals surface area contributed by atoms with E-state index >= 15 is 0 Å². The van der Waals surface area contributed by atoms with E-state index in [-0.39, 0.29) is 29.7 Å². The highest BCUT2D eigenvalue weighted by molar-refractivity contribution is 5.94. The highest BCUT2D eigenvalue weighted by atomic mass is 16.3. The number of nitrogens with zero attached hydrogens (tertiary/aromatic N) is 2. The first-order valence-electron chi connectivity index (χ1n) is 9.99. The number of carbonyl (C=O) groups is 2. The normalized spacial score (nSPS) is 15.9. The molecule has 0 bridgehead atoms. The first-order chi connectivity index (χ1) is 14.2. The van der Waals surface area contributed by atoms with E-state index in [1.807, 2.05) is 63.2 Å². The van der Waals surface area contributed by atoms with Crippen molar-refractivity contribution in [3.05, 3.63) is 65.7 Å². The summed E-state index contributed by atoms with van der Waals surface area (Å²) >= 11 is 0. The Hall–Kier alpha value is -3.41. The molecule has 2 amide bonds. The number of oxazole rings is 1. The van der Waals surface area contributed by atoms with Crippen LogP contribution < -0.4 is 5.32 Å². The molecule has 6 nitrogen and oxygen atoms in total. The van der Waals surface area contributed by atoms with Crippen LogP contribution in [0.5, 0.6) is 0 Å². The van der Waals surface area contributed by atoms with Gasteiger partial charge in [0.15, 0.2) is 5.58 Å². The molecular weight excluding hydrogens is 378 g/mol. The zero-order valence-electron chi connectivity index (χ0n) is 17.6. The highest BCUT2D eigenvalue weighted by Crippen LogP contribution is 2.33. The molecular formula is C24H25N3O3. The SMILES string of the molecule is CC(=O)N1C=Cc2ccccc2[C@H]1CC(=O)Nc1ccc2oc(C(C)(C)C)nc2c1. The van der Waals surface area contributed by atoms with Gasteiger partial charge >= 0.3 is 0 Å². The van der Waals surface area contributed by atoms with Crippen molar-refractivity contribution in [2.24, 2.45) is 0 Å². The molecule has 154 valence electrons. The zero-order chi connectivity index (χ0) is 21.5. The van der Waals surface area contributed by atoms with Crippen LogP contribution in [0.1, 0.15) is 57.2 Å². The third kappa shape index (κ3) is 3.85. The topological polar surface area (TPSA) is 75.4 Å². The van der Waals surface area contributed by atoms with Gasteiger partial charge < -0.3 is 14.6 Å². The summed E-state index contributed by atoms with van der Waals surface area (Å²) in [5.74, 6) is 0.385. The summed E-state index contributed by atoms with van der Waals surface area (Å²) < 4.78 is 5.82. The van der Waals surface area contributed by atoms with Crippen molar-refractivity contribution in [2.75, 3.05) is 5.32 Å². The first kappa shape index (κ1) is 19.9. The second-order valence-corrected chi connectivity index (χ2v) is 8.59. The molecule has 1 N–H and O–H groups in total. The molecule has 0 aliphatic carbocycles. The van der Waals surface area contributed by atoms with Crippen LogP contribution in [0.2, 0.25) is 0 Å². The molecule has 0 saturated carbocycles. The third-order valence-electron chi connectivity index (χ3n) is 5.16. The van der Waals surface area contributed by atoms with Crippen LogP contribution in [-0.2, 0) is 15.0 Å². The molecule has 4 rings (SSSR count). The van der Waals surface area contributed by atoms with Crippen LogP contribution in [0.25, 0.3) is 17.2 Å². The molecule has 1 aliphatic heterocycles. The fourth-order valence-electron chi connectivity index (χ4n) is 3.63. The summed E-state index contributed by atoms with van der Waals surface area (Å²) in [5, 5.41) is 2.94. The lowest BCUT2D eigenvalue weighted by molar-refractivity contribution is -0.129. The summed E-state index contributed by atoms with van der Waals surface area (Å²) in [6, 6.07) is 12.9. The number of benzene rings is 2. The summed E-state index contributed by atoms with van der Waals surface area (Å²) in [7, 11) is 0. The molecule has 0 saturated heterocycles. The van der Waals surface area contributed by atoms with Crippen LogP contribution >= 0.6 is 0 Å². The van der Waals surface area contributed by atoms with Gasteiger partial charge in [-0.1, -0.05) is 45.0 Å². The number of fused-ring (bicyclic) bond motifs is 2. The van der Waals surface area contributed by atoms with E-state index in [1.54, 1.807) is 17.2 Å². The minimum Gasteiger partial charge on any atom is -0.440 e. The van der Waals surface area contributed by atoms with Gasteiger partial charge in [0.2, 0.25) is 17.7 Å². The fourth-order valence-corrected chi connectivity index (χ4v) is 3.63. The van der Waals surface area contributed by atoms with Crippen molar-refractivity contribution in [1.82, 2.24) is 9.88 Å². The number of anilines is 1. The standard InChI is InChI=1S/C24H25N3O3/c1-15(28)27-12-11-16-7-5-6-8-18(16)20(27)14-22(29)25-17-9-10-21-19(13-17)26-23(30-21)24(2,3)4/h5-13,20H,14H2,1-4H3,(H,25,29)/t20-/m1/s1. The number of hydrogen-bond donors (Lipinski definition) is 1. The van der Waals surface area contributed by atoms with Gasteiger partial charge in [-0.25, -0.2) is 4.98 Å².